The van der Waals surface area contributed by atoms with Gasteiger partial charge in [-0.25, -0.2) is 0 Å². The first-order valence-electron chi connectivity index (χ1n) is 4.98. The highest BCUT2D eigenvalue weighted by molar-refractivity contribution is 9.10. The average Bonchev–Trinajstić information content (AvgIpc) is 3.03. The predicted molar refractivity (Wildman–Crippen MR) is 64.8 cm³/mol. The van der Waals surface area contributed by atoms with Crippen LogP contribution in [0.25, 0.3) is 0 Å². The molecule has 1 aromatic rings. The van der Waals surface area contributed by atoms with Crippen molar-refractivity contribution in [2.45, 2.75) is 25.0 Å². The average molecular weight is 291 g/mol. The molecule has 1 aliphatic rings. The molecule has 4 heteroatoms. The number of hydrogen-bond acceptors (Lipinski definition) is 2. The quantitative estimate of drug-likeness (QED) is 0.899. The van der Waals surface area contributed by atoms with E-state index in [1.165, 1.54) is 0 Å². The first-order valence-corrected chi connectivity index (χ1v) is 6.15. The Kier molecular flexibility index (Phi) is 3.36. The van der Waals surface area contributed by atoms with E-state index in [-0.39, 0.29) is 6.04 Å². The fraction of sp³-hybridized carbons (Fsp3) is 0.455. The molecule has 0 aliphatic heterocycles. The second-order valence-electron chi connectivity index (χ2n) is 4.02. The molecule has 82 valence electrons. The van der Waals surface area contributed by atoms with Crippen LogP contribution in [0.4, 0.5) is 0 Å². The highest BCUT2D eigenvalue weighted by Crippen LogP contribution is 2.38. The third kappa shape index (κ3) is 2.53. The van der Waals surface area contributed by atoms with Crippen LogP contribution in [0.15, 0.2) is 22.7 Å². The van der Waals surface area contributed by atoms with Crippen LogP contribution in [-0.2, 0) is 0 Å². The molecule has 0 aromatic heterocycles. The summed E-state index contributed by atoms with van der Waals surface area (Å²) in [6.07, 6.45) is 1.69. The Balaban J connectivity index is 2.23. The van der Waals surface area contributed by atoms with Gasteiger partial charge in [-0.15, -0.1) is 0 Å². The van der Waals surface area contributed by atoms with Crippen molar-refractivity contribution < 1.29 is 5.11 Å². The van der Waals surface area contributed by atoms with Crippen LogP contribution in [0, 0.1) is 5.92 Å². The molecule has 0 unspecified atom stereocenters. The smallest absolute Gasteiger partial charge is 0.0761 e. The summed E-state index contributed by atoms with van der Waals surface area (Å²) in [5, 5.41) is 10.6. The molecule has 2 rings (SSSR count). The molecule has 0 bridgehead atoms. The number of benzene rings is 1. The monoisotopic (exact) mass is 289 g/mol. The summed E-state index contributed by atoms with van der Waals surface area (Å²) < 4.78 is 0.902. The summed E-state index contributed by atoms with van der Waals surface area (Å²) in [7, 11) is 0. The van der Waals surface area contributed by atoms with Crippen LogP contribution in [0.2, 0.25) is 5.02 Å². The van der Waals surface area contributed by atoms with E-state index in [4.69, 9.17) is 17.3 Å². The molecule has 0 spiro atoms. The molecule has 0 amide bonds. The first-order chi connectivity index (χ1) is 7.09. The number of aliphatic hydroxyl groups is 1. The maximum atomic E-state index is 9.94. The van der Waals surface area contributed by atoms with E-state index < -0.39 is 6.10 Å². The largest absolute Gasteiger partial charge is 0.391 e. The van der Waals surface area contributed by atoms with Gasteiger partial charge in [0.15, 0.2) is 0 Å². The highest BCUT2D eigenvalue weighted by Gasteiger charge is 2.34. The Hall–Kier alpha value is -0.0900. The molecule has 15 heavy (non-hydrogen) atoms. The maximum absolute atomic E-state index is 9.94. The van der Waals surface area contributed by atoms with E-state index in [0.717, 1.165) is 22.9 Å². The third-order valence-corrected chi connectivity index (χ3v) is 3.75. The molecule has 0 heterocycles. The summed E-state index contributed by atoms with van der Waals surface area (Å²) in [6.45, 7) is 0. The summed E-state index contributed by atoms with van der Waals surface area (Å²) >= 11 is 9.32. The molecule has 1 fully saturated rings. The SMILES string of the molecule is N[C@H](c1cc(Cl)ccc1Br)[C@@H](O)C1CC1. The first kappa shape index (κ1) is 11.4. The lowest BCUT2D eigenvalue weighted by molar-refractivity contribution is 0.122. The van der Waals surface area contributed by atoms with Crippen molar-refractivity contribution in [1.82, 2.24) is 0 Å². The lowest BCUT2D eigenvalue weighted by Crippen LogP contribution is -2.28. The van der Waals surface area contributed by atoms with Crippen LogP contribution < -0.4 is 5.73 Å². The second-order valence-corrected chi connectivity index (χ2v) is 5.31. The number of rotatable bonds is 3. The van der Waals surface area contributed by atoms with Gasteiger partial charge in [0.05, 0.1) is 12.1 Å². The minimum atomic E-state index is -0.459. The Morgan fingerprint density at radius 2 is 2.13 bits per heavy atom. The fourth-order valence-electron chi connectivity index (χ4n) is 1.68. The van der Waals surface area contributed by atoms with E-state index in [2.05, 4.69) is 15.9 Å². The molecule has 1 aliphatic carbocycles. The molecular formula is C11H13BrClNO. The summed E-state index contributed by atoms with van der Waals surface area (Å²) in [4.78, 5) is 0. The molecule has 2 nitrogen and oxygen atoms in total. The van der Waals surface area contributed by atoms with E-state index >= 15 is 0 Å². The topological polar surface area (TPSA) is 46.2 Å². The lowest BCUT2D eigenvalue weighted by atomic mass is 9.99. The molecule has 1 aromatic carbocycles. The Morgan fingerprint density at radius 3 is 2.73 bits per heavy atom. The van der Waals surface area contributed by atoms with Gasteiger partial charge in [0.25, 0.3) is 0 Å². The lowest BCUT2D eigenvalue weighted by Gasteiger charge is -2.20. The summed E-state index contributed by atoms with van der Waals surface area (Å²) in [6, 6.07) is 5.11. The number of hydrogen-bond donors (Lipinski definition) is 2. The summed E-state index contributed by atoms with van der Waals surface area (Å²) in [5.74, 6) is 0.367. The van der Waals surface area contributed by atoms with E-state index in [9.17, 15) is 5.11 Å². The zero-order valence-corrected chi connectivity index (χ0v) is 10.5. The second kappa shape index (κ2) is 4.42. The zero-order valence-electron chi connectivity index (χ0n) is 8.16. The van der Waals surface area contributed by atoms with Crippen molar-refractivity contribution in [3.8, 4) is 0 Å². The molecular weight excluding hydrogens is 277 g/mol. The molecule has 2 atom stereocenters. The zero-order chi connectivity index (χ0) is 11.0. The Morgan fingerprint density at radius 1 is 1.47 bits per heavy atom. The van der Waals surface area contributed by atoms with E-state index in [0.29, 0.717) is 10.9 Å². The number of aliphatic hydroxyl groups excluding tert-OH is 1. The Bertz CT molecular complexity index is 368. The van der Waals surface area contributed by atoms with Crippen molar-refractivity contribution in [3.05, 3.63) is 33.3 Å². The molecule has 1 saturated carbocycles. The van der Waals surface area contributed by atoms with E-state index in [1.54, 1.807) is 6.07 Å². The van der Waals surface area contributed by atoms with Crippen molar-refractivity contribution >= 4 is 27.5 Å². The van der Waals surface area contributed by atoms with Crippen molar-refractivity contribution in [2.24, 2.45) is 11.7 Å². The van der Waals surface area contributed by atoms with Crippen LogP contribution in [0.5, 0.6) is 0 Å². The van der Waals surface area contributed by atoms with Gasteiger partial charge in [0.2, 0.25) is 0 Å². The van der Waals surface area contributed by atoms with Crippen molar-refractivity contribution in [2.75, 3.05) is 0 Å². The van der Waals surface area contributed by atoms with E-state index in [1.807, 2.05) is 12.1 Å². The van der Waals surface area contributed by atoms with Gasteiger partial charge in [-0.05, 0) is 42.5 Å². The number of halogens is 2. The van der Waals surface area contributed by atoms with Gasteiger partial charge in [-0.2, -0.15) is 0 Å². The van der Waals surface area contributed by atoms with Gasteiger partial charge >= 0.3 is 0 Å². The fourth-order valence-corrected chi connectivity index (χ4v) is 2.38. The number of nitrogens with two attached hydrogens (primary N) is 1. The van der Waals surface area contributed by atoms with Crippen molar-refractivity contribution in [1.29, 1.82) is 0 Å². The van der Waals surface area contributed by atoms with Gasteiger partial charge in [0, 0.05) is 9.50 Å². The third-order valence-electron chi connectivity index (χ3n) is 2.79. The van der Waals surface area contributed by atoms with Gasteiger partial charge in [-0.1, -0.05) is 27.5 Å². The molecule has 0 saturated heterocycles. The van der Waals surface area contributed by atoms with Crippen LogP contribution in [0.1, 0.15) is 24.4 Å². The predicted octanol–water partition coefficient (Wildman–Crippen LogP) is 2.87. The maximum Gasteiger partial charge on any atom is 0.0761 e. The van der Waals surface area contributed by atoms with Crippen molar-refractivity contribution in [3.63, 3.8) is 0 Å². The van der Waals surface area contributed by atoms with Gasteiger partial charge in [-0.3, -0.25) is 0 Å². The van der Waals surface area contributed by atoms with Crippen LogP contribution in [0.3, 0.4) is 0 Å². The van der Waals surface area contributed by atoms with Gasteiger partial charge in [0.1, 0.15) is 0 Å². The molecule has 3 N–H and O–H groups in total. The minimum Gasteiger partial charge on any atom is -0.391 e. The van der Waals surface area contributed by atoms with Gasteiger partial charge < -0.3 is 10.8 Å². The minimum absolute atomic E-state index is 0.356. The van der Waals surface area contributed by atoms with Crippen LogP contribution in [-0.4, -0.2) is 11.2 Å². The molecule has 0 radical (unpaired) electrons. The summed E-state index contributed by atoms with van der Waals surface area (Å²) in [5.41, 5.74) is 6.89. The highest BCUT2D eigenvalue weighted by atomic mass is 79.9. The standard InChI is InChI=1S/C11H13BrClNO/c12-9-4-3-7(13)5-8(9)10(14)11(15)6-1-2-6/h3-6,10-11,15H,1-2,14H2/t10-,11+/m1/s1. The van der Waals surface area contributed by atoms with Crippen LogP contribution >= 0.6 is 27.5 Å². The Labute approximate surface area is 103 Å². The normalized spacial score (nSPS) is 20.0.